The summed E-state index contributed by atoms with van der Waals surface area (Å²) in [7, 11) is 0. The number of allylic oxidation sites excluding steroid dienone is 1. The second kappa shape index (κ2) is 3.28. The fourth-order valence-electron chi connectivity index (χ4n) is 0.135. The van der Waals surface area contributed by atoms with E-state index in [2.05, 4.69) is 21.9 Å². The van der Waals surface area contributed by atoms with Crippen LogP contribution in [0, 0.1) is 12.3 Å². The van der Waals surface area contributed by atoms with Crippen molar-refractivity contribution in [3.8, 4) is 12.3 Å². The number of halogens is 1. The average Bonchev–Trinajstić information content (AvgIpc) is 1.67. The van der Waals surface area contributed by atoms with Crippen LogP contribution in [0.2, 0.25) is 0 Å². The highest BCUT2D eigenvalue weighted by Crippen LogP contribution is 2.01. The molecule has 0 aliphatic heterocycles. The maximum atomic E-state index is 9.88. The summed E-state index contributed by atoms with van der Waals surface area (Å²) in [5.74, 6) is 1.01. The molecule has 0 aromatic rings. The first-order chi connectivity index (χ1) is 3.68. The van der Waals surface area contributed by atoms with Gasteiger partial charge in [-0.3, -0.25) is 0 Å². The molecule has 0 atom stereocenters. The van der Waals surface area contributed by atoms with Gasteiger partial charge in [-0.25, -0.2) is 4.79 Å². The molecular formula is C5H3BrO2. The van der Waals surface area contributed by atoms with Crippen LogP contribution in [0.25, 0.3) is 0 Å². The van der Waals surface area contributed by atoms with Crippen molar-refractivity contribution in [2.75, 3.05) is 0 Å². The van der Waals surface area contributed by atoms with Crippen molar-refractivity contribution in [1.29, 1.82) is 0 Å². The lowest BCUT2D eigenvalue weighted by molar-refractivity contribution is -0.131. The Morgan fingerprint density at radius 2 is 2.38 bits per heavy atom. The number of carbonyl (C=O) groups is 1. The molecule has 0 aromatic heterocycles. The number of carboxylic acid groups (broad SMARTS) is 1. The van der Waals surface area contributed by atoms with Gasteiger partial charge in [-0.05, 0) is 15.9 Å². The molecule has 2 nitrogen and oxygen atoms in total. The minimum absolute atomic E-state index is 0.000000000000000222. The third kappa shape index (κ3) is 2.43. The van der Waals surface area contributed by atoms with Gasteiger partial charge in [0.15, 0.2) is 0 Å². The van der Waals surface area contributed by atoms with Crippen molar-refractivity contribution in [1.82, 2.24) is 0 Å². The molecule has 0 spiro atoms. The molecule has 3 heteroatoms. The molecule has 0 fully saturated rings. The van der Waals surface area contributed by atoms with Crippen LogP contribution >= 0.6 is 15.9 Å². The monoisotopic (exact) mass is 174 g/mol. The van der Waals surface area contributed by atoms with Crippen LogP contribution in [0.15, 0.2) is 10.6 Å². The highest BCUT2D eigenvalue weighted by atomic mass is 79.9. The number of carboxylic acids is 1. The topological polar surface area (TPSA) is 37.3 Å². The van der Waals surface area contributed by atoms with Gasteiger partial charge >= 0.3 is 5.97 Å². The fourth-order valence-corrected chi connectivity index (χ4v) is 0.267. The van der Waals surface area contributed by atoms with E-state index in [0.717, 1.165) is 6.08 Å². The molecule has 0 rings (SSSR count). The van der Waals surface area contributed by atoms with E-state index in [4.69, 9.17) is 11.5 Å². The third-order valence-electron chi connectivity index (χ3n) is 0.414. The second-order valence-corrected chi connectivity index (χ2v) is 1.82. The number of rotatable bonds is 1. The van der Waals surface area contributed by atoms with E-state index < -0.39 is 5.97 Å². The molecule has 1 N–H and O–H groups in total. The molecule has 0 aliphatic rings. The molecule has 0 bridgehead atoms. The molecule has 0 radical (unpaired) electrons. The van der Waals surface area contributed by atoms with E-state index in [1.54, 1.807) is 0 Å². The van der Waals surface area contributed by atoms with Gasteiger partial charge in [0.2, 0.25) is 0 Å². The maximum Gasteiger partial charge on any atom is 0.343 e. The van der Waals surface area contributed by atoms with Crippen molar-refractivity contribution < 1.29 is 9.90 Å². The van der Waals surface area contributed by atoms with E-state index in [9.17, 15) is 4.79 Å². The molecule has 0 aliphatic carbocycles. The third-order valence-corrected chi connectivity index (χ3v) is 0.982. The van der Waals surface area contributed by atoms with Gasteiger partial charge in [0, 0.05) is 6.08 Å². The van der Waals surface area contributed by atoms with Crippen LogP contribution in [0.3, 0.4) is 0 Å². The van der Waals surface area contributed by atoms with Gasteiger partial charge < -0.3 is 5.11 Å². The Bertz CT molecular complexity index is 164. The predicted molar refractivity (Wildman–Crippen MR) is 33.5 cm³/mol. The van der Waals surface area contributed by atoms with Crippen LogP contribution in [0.4, 0.5) is 0 Å². The Kier molecular flexibility index (Phi) is 2.97. The predicted octanol–water partition coefficient (Wildman–Crippen LogP) is 0.983. The average molecular weight is 175 g/mol. The van der Waals surface area contributed by atoms with Crippen LogP contribution in [0.5, 0.6) is 0 Å². The van der Waals surface area contributed by atoms with Crippen LogP contribution in [-0.2, 0) is 4.79 Å². The summed E-state index contributed by atoms with van der Waals surface area (Å²) in [4.78, 5) is 9.88. The van der Waals surface area contributed by atoms with Crippen molar-refractivity contribution in [3.05, 3.63) is 10.6 Å². The fraction of sp³-hybridized carbons (Fsp3) is 0. The van der Waals surface area contributed by atoms with Gasteiger partial charge in [0.1, 0.15) is 4.48 Å². The van der Waals surface area contributed by atoms with Gasteiger partial charge in [-0.2, -0.15) is 0 Å². The minimum Gasteiger partial charge on any atom is -0.477 e. The van der Waals surface area contributed by atoms with E-state index >= 15 is 0 Å². The zero-order valence-electron chi connectivity index (χ0n) is 3.89. The number of terminal acetylenes is 1. The van der Waals surface area contributed by atoms with Crippen molar-refractivity contribution in [2.24, 2.45) is 0 Å². The van der Waals surface area contributed by atoms with Crippen molar-refractivity contribution >= 4 is 21.9 Å². The Morgan fingerprint density at radius 3 is 2.50 bits per heavy atom. The number of aliphatic carboxylic acids is 1. The summed E-state index contributed by atoms with van der Waals surface area (Å²) in [6.07, 6.45) is 5.87. The minimum atomic E-state index is -1.05. The summed E-state index contributed by atoms with van der Waals surface area (Å²) in [6.45, 7) is 0. The molecule has 0 saturated heterocycles. The molecule has 0 aromatic carbocycles. The van der Waals surface area contributed by atoms with E-state index in [-0.39, 0.29) is 4.48 Å². The van der Waals surface area contributed by atoms with Crippen LogP contribution in [0.1, 0.15) is 0 Å². The maximum absolute atomic E-state index is 9.88. The van der Waals surface area contributed by atoms with Crippen LogP contribution < -0.4 is 0 Å². The standard InChI is InChI=1S/C5H3BrO2/c1-2-3-4(6)5(7)8/h1,3H,(H,7,8). The Balaban J connectivity index is 4.06. The summed E-state index contributed by atoms with van der Waals surface area (Å²) in [5, 5.41) is 8.10. The molecule has 0 saturated carbocycles. The zero-order chi connectivity index (χ0) is 6.57. The molecule has 8 heavy (non-hydrogen) atoms. The second-order valence-electron chi connectivity index (χ2n) is 0.964. The zero-order valence-corrected chi connectivity index (χ0v) is 5.47. The normalized spacial score (nSPS) is 10.2. The first kappa shape index (κ1) is 7.25. The summed E-state index contributed by atoms with van der Waals surface area (Å²) >= 11 is 2.72. The molecule has 0 unspecified atom stereocenters. The lowest BCUT2D eigenvalue weighted by atomic mass is 10.5. The quantitative estimate of drug-likeness (QED) is 0.476. The number of hydrogen-bond donors (Lipinski definition) is 1. The SMILES string of the molecule is C#CC=C(Br)C(=O)O. The highest BCUT2D eigenvalue weighted by molar-refractivity contribution is 9.12. The number of hydrogen-bond acceptors (Lipinski definition) is 1. The summed E-state index contributed by atoms with van der Waals surface area (Å²) in [6, 6.07) is 0. The lowest BCUT2D eigenvalue weighted by Crippen LogP contribution is -1.91. The van der Waals surface area contributed by atoms with Crippen molar-refractivity contribution in [3.63, 3.8) is 0 Å². The van der Waals surface area contributed by atoms with E-state index in [1.165, 1.54) is 0 Å². The smallest absolute Gasteiger partial charge is 0.343 e. The Morgan fingerprint density at radius 1 is 1.88 bits per heavy atom. The first-order valence-electron chi connectivity index (χ1n) is 1.73. The summed E-state index contributed by atoms with van der Waals surface area (Å²) in [5.41, 5.74) is 0. The largest absolute Gasteiger partial charge is 0.477 e. The van der Waals surface area contributed by atoms with Crippen LogP contribution in [-0.4, -0.2) is 11.1 Å². The highest BCUT2D eigenvalue weighted by Gasteiger charge is 1.97. The first-order valence-corrected chi connectivity index (χ1v) is 2.53. The molecule has 0 amide bonds. The van der Waals surface area contributed by atoms with Gasteiger partial charge in [0.05, 0.1) is 0 Å². The van der Waals surface area contributed by atoms with Gasteiger partial charge in [-0.1, -0.05) is 5.92 Å². The van der Waals surface area contributed by atoms with Crippen molar-refractivity contribution in [2.45, 2.75) is 0 Å². The van der Waals surface area contributed by atoms with Gasteiger partial charge in [-0.15, -0.1) is 6.42 Å². The van der Waals surface area contributed by atoms with Gasteiger partial charge in [0.25, 0.3) is 0 Å². The molecule has 0 heterocycles. The molecular weight excluding hydrogens is 172 g/mol. The molecule has 42 valence electrons. The lowest BCUT2D eigenvalue weighted by Gasteiger charge is -1.81. The van der Waals surface area contributed by atoms with E-state index in [0.29, 0.717) is 0 Å². The van der Waals surface area contributed by atoms with E-state index in [1.807, 2.05) is 0 Å². The summed E-state index contributed by atoms with van der Waals surface area (Å²) < 4.78 is 0.000000000000000222. The Labute approximate surface area is 55.3 Å². The Hall–Kier alpha value is -0.750.